The van der Waals surface area contributed by atoms with Crippen LogP contribution in [-0.2, 0) is 9.47 Å². The fourth-order valence-corrected chi connectivity index (χ4v) is 0.432. The number of amides is 1. The molecule has 0 aromatic rings. The Morgan fingerprint density at radius 1 is 1.78 bits per heavy atom. The first kappa shape index (κ1) is 8.23. The molecule has 0 aromatic heterocycles. The van der Waals surface area contributed by atoms with Gasteiger partial charge in [0.2, 0.25) is 6.29 Å². The van der Waals surface area contributed by atoms with E-state index in [1.807, 2.05) is 0 Å². The molecule has 1 atom stereocenters. The Morgan fingerprint density at radius 3 is 2.67 bits per heavy atom. The minimum absolute atomic E-state index is 0.508. The van der Waals surface area contributed by atoms with E-state index in [-0.39, 0.29) is 0 Å². The molecule has 0 fully saturated rings. The van der Waals surface area contributed by atoms with Crippen LogP contribution in [0.25, 0.3) is 0 Å². The number of rotatable bonds is 3. The summed E-state index contributed by atoms with van der Waals surface area (Å²) in [7, 11) is 0. The zero-order valence-corrected chi connectivity index (χ0v) is 5.59. The second kappa shape index (κ2) is 4.14. The van der Waals surface area contributed by atoms with Gasteiger partial charge in [0, 0.05) is 6.61 Å². The van der Waals surface area contributed by atoms with Crippen LogP contribution in [0.15, 0.2) is 0 Å². The van der Waals surface area contributed by atoms with E-state index < -0.39 is 12.4 Å². The molecular weight excluding hydrogens is 122 g/mol. The molecule has 54 valence electrons. The second-order valence-corrected chi connectivity index (χ2v) is 1.46. The Balaban J connectivity index is 3.26. The maximum Gasteiger partial charge on any atom is 0.406 e. The van der Waals surface area contributed by atoms with Gasteiger partial charge in [-0.15, -0.1) is 0 Å². The number of hydrogen-bond acceptors (Lipinski definition) is 3. The first-order valence-corrected chi connectivity index (χ1v) is 2.74. The summed E-state index contributed by atoms with van der Waals surface area (Å²) in [5, 5.41) is 0. The van der Waals surface area contributed by atoms with Crippen LogP contribution < -0.4 is 5.73 Å². The maximum absolute atomic E-state index is 10.0. The van der Waals surface area contributed by atoms with E-state index in [0.717, 1.165) is 0 Å². The Labute approximate surface area is 53.9 Å². The average Bonchev–Trinajstić information content (AvgIpc) is 1.63. The van der Waals surface area contributed by atoms with Crippen molar-refractivity contribution in [3.63, 3.8) is 0 Å². The van der Waals surface area contributed by atoms with E-state index in [9.17, 15) is 4.79 Å². The lowest BCUT2D eigenvalue weighted by molar-refractivity contribution is -0.0841. The molecule has 0 aliphatic carbocycles. The number of primary amides is 1. The molecule has 0 rings (SSSR count). The van der Waals surface area contributed by atoms with Crippen molar-refractivity contribution in [1.29, 1.82) is 0 Å². The smallest absolute Gasteiger partial charge is 0.406 e. The van der Waals surface area contributed by atoms with Crippen molar-refractivity contribution in [2.45, 2.75) is 20.1 Å². The summed E-state index contributed by atoms with van der Waals surface area (Å²) in [6, 6.07) is 0. The Hall–Kier alpha value is -0.770. The van der Waals surface area contributed by atoms with Gasteiger partial charge in [0.25, 0.3) is 0 Å². The topological polar surface area (TPSA) is 61.6 Å². The largest absolute Gasteiger partial charge is 0.420 e. The minimum atomic E-state index is -0.809. The molecular formula is C5H11NO3. The summed E-state index contributed by atoms with van der Waals surface area (Å²) in [5.41, 5.74) is 4.68. The Bertz CT molecular complexity index is 94.2. The average molecular weight is 133 g/mol. The van der Waals surface area contributed by atoms with Crippen molar-refractivity contribution in [3.05, 3.63) is 0 Å². The third-order valence-electron chi connectivity index (χ3n) is 0.683. The van der Waals surface area contributed by atoms with Gasteiger partial charge in [0.1, 0.15) is 0 Å². The van der Waals surface area contributed by atoms with Crippen molar-refractivity contribution in [2.75, 3.05) is 6.61 Å². The first-order chi connectivity index (χ1) is 4.16. The fraction of sp³-hybridized carbons (Fsp3) is 0.800. The van der Waals surface area contributed by atoms with Gasteiger partial charge in [-0.25, -0.2) is 4.79 Å². The van der Waals surface area contributed by atoms with Gasteiger partial charge < -0.3 is 15.2 Å². The normalized spacial score (nSPS) is 12.7. The number of nitrogens with two attached hydrogens (primary N) is 1. The zero-order valence-electron chi connectivity index (χ0n) is 5.59. The third kappa shape index (κ3) is 5.10. The third-order valence-corrected chi connectivity index (χ3v) is 0.683. The van der Waals surface area contributed by atoms with Crippen LogP contribution in [0.5, 0.6) is 0 Å². The zero-order chi connectivity index (χ0) is 7.28. The first-order valence-electron chi connectivity index (χ1n) is 2.74. The molecule has 0 aliphatic heterocycles. The van der Waals surface area contributed by atoms with Crippen molar-refractivity contribution < 1.29 is 14.3 Å². The lowest BCUT2D eigenvalue weighted by Gasteiger charge is -2.09. The fourth-order valence-electron chi connectivity index (χ4n) is 0.432. The molecule has 4 heteroatoms. The van der Waals surface area contributed by atoms with E-state index in [1.165, 1.54) is 0 Å². The highest BCUT2D eigenvalue weighted by molar-refractivity contribution is 5.64. The second-order valence-electron chi connectivity index (χ2n) is 1.46. The van der Waals surface area contributed by atoms with Gasteiger partial charge in [-0.2, -0.15) is 0 Å². The lowest BCUT2D eigenvalue weighted by atomic mass is 10.7. The van der Waals surface area contributed by atoms with Crippen LogP contribution in [0.3, 0.4) is 0 Å². The van der Waals surface area contributed by atoms with E-state index in [4.69, 9.17) is 4.74 Å². The Morgan fingerprint density at radius 2 is 2.33 bits per heavy atom. The summed E-state index contributed by atoms with van der Waals surface area (Å²) in [5.74, 6) is 0. The standard InChI is InChI=1S/C5H11NO3/c1-3-8-4(2)9-5(6)7/h4H,3H2,1-2H3,(H2,6,7). The number of carbonyl (C=O) groups is 1. The van der Waals surface area contributed by atoms with Crippen LogP contribution in [0, 0.1) is 0 Å². The summed E-state index contributed by atoms with van der Waals surface area (Å²) in [6.07, 6.45) is -1.34. The minimum Gasteiger partial charge on any atom is -0.420 e. The monoisotopic (exact) mass is 133 g/mol. The highest BCUT2D eigenvalue weighted by Gasteiger charge is 2.02. The molecule has 0 aliphatic rings. The SMILES string of the molecule is CCOC(C)OC(N)=O. The highest BCUT2D eigenvalue weighted by Crippen LogP contribution is 1.90. The molecule has 0 saturated carbocycles. The van der Waals surface area contributed by atoms with Gasteiger partial charge in [-0.05, 0) is 13.8 Å². The number of hydrogen-bond donors (Lipinski definition) is 1. The summed E-state index contributed by atoms with van der Waals surface area (Å²) < 4.78 is 9.24. The van der Waals surface area contributed by atoms with Crippen molar-refractivity contribution in [1.82, 2.24) is 0 Å². The number of carbonyl (C=O) groups excluding carboxylic acids is 1. The molecule has 0 saturated heterocycles. The van der Waals surface area contributed by atoms with E-state index in [1.54, 1.807) is 13.8 Å². The summed E-state index contributed by atoms with van der Waals surface area (Å²) in [4.78, 5) is 10.0. The van der Waals surface area contributed by atoms with E-state index in [0.29, 0.717) is 6.61 Å². The van der Waals surface area contributed by atoms with Crippen LogP contribution in [0.4, 0.5) is 4.79 Å². The van der Waals surface area contributed by atoms with Crippen LogP contribution in [0.2, 0.25) is 0 Å². The Kier molecular flexibility index (Phi) is 3.79. The van der Waals surface area contributed by atoms with Crippen LogP contribution in [-0.4, -0.2) is 19.0 Å². The van der Waals surface area contributed by atoms with Crippen molar-refractivity contribution >= 4 is 6.09 Å². The molecule has 0 heterocycles. The predicted octanol–water partition coefficient (Wildman–Crippen LogP) is 0.464. The van der Waals surface area contributed by atoms with Gasteiger partial charge in [-0.1, -0.05) is 0 Å². The van der Waals surface area contributed by atoms with Crippen molar-refractivity contribution in [3.8, 4) is 0 Å². The van der Waals surface area contributed by atoms with Gasteiger partial charge in [0.15, 0.2) is 0 Å². The number of ether oxygens (including phenoxy) is 2. The highest BCUT2D eigenvalue weighted by atomic mass is 16.7. The predicted molar refractivity (Wildman–Crippen MR) is 31.8 cm³/mol. The molecule has 0 radical (unpaired) electrons. The lowest BCUT2D eigenvalue weighted by Crippen LogP contribution is -2.22. The van der Waals surface area contributed by atoms with Gasteiger partial charge in [-0.3, -0.25) is 0 Å². The maximum atomic E-state index is 10.0. The molecule has 0 spiro atoms. The van der Waals surface area contributed by atoms with Crippen LogP contribution in [0.1, 0.15) is 13.8 Å². The quantitative estimate of drug-likeness (QED) is 0.569. The van der Waals surface area contributed by atoms with Crippen molar-refractivity contribution in [2.24, 2.45) is 5.73 Å². The summed E-state index contributed by atoms with van der Waals surface area (Å²) >= 11 is 0. The summed E-state index contributed by atoms with van der Waals surface area (Å²) in [6.45, 7) is 3.92. The molecule has 2 N–H and O–H groups in total. The van der Waals surface area contributed by atoms with Gasteiger partial charge in [0.05, 0.1) is 0 Å². The molecule has 9 heavy (non-hydrogen) atoms. The van der Waals surface area contributed by atoms with Gasteiger partial charge >= 0.3 is 6.09 Å². The molecule has 1 unspecified atom stereocenters. The van der Waals surface area contributed by atoms with E-state index in [2.05, 4.69) is 10.5 Å². The molecule has 0 aromatic carbocycles. The van der Waals surface area contributed by atoms with E-state index >= 15 is 0 Å². The molecule has 0 bridgehead atoms. The van der Waals surface area contributed by atoms with Crippen LogP contribution >= 0.6 is 0 Å². The molecule has 1 amide bonds. The molecule has 4 nitrogen and oxygen atoms in total.